The summed E-state index contributed by atoms with van der Waals surface area (Å²) in [6.07, 6.45) is 0.278. The van der Waals surface area contributed by atoms with Gasteiger partial charge < -0.3 is 14.6 Å². The first-order valence-corrected chi connectivity index (χ1v) is 7.19. The standard InChI is InChI=1S/C12H14O7S.Na/c1-3-7-5-9(11(13)14)10(20(16,17)18)6-8(7)12(15)19-4-2;/h5-6H,3-4H2,1-2H3,(H,13,14)(H,16,17,18);/q;+1/p-1. The maximum atomic E-state index is 11.7. The summed E-state index contributed by atoms with van der Waals surface area (Å²) in [4.78, 5) is 21.8. The van der Waals surface area contributed by atoms with Crippen molar-refractivity contribution in [1.82, 2.24) is 0 Å². The van der Waals surface area contributed by atoms with Crippen LogP contribution in [0.1, 0.15) is 40.1 Å². The molecule has 1 N–H and O–H groups in total. The van der Waals surface area contributed by atoms with Gasteiger partial charge in [-0.25, -0.2) is 4.79 Å². The van der Waals surface area contributed by atoms with E-state index in [-0.39, 0.29) is 53.7 Å². The maximum Gasteiger partial charge on any atom is 1.00 e. The zero-order valence-corrected chi connectivity index (χ0v) is 14.7. The molecule has 1 rings (SSSR count). The number of carbonyl (C=O) groups is 2. The molecular formula is C12H13NaO7S. The number of hydrogen-bond acceptors (Lipinski definition) is 6. The van der Waals surface area contributed by atoms with E-state index < -0.39 is 32.5 Å². The van der Waals surface area contributed by atoms with E-state index in [4.69, 9.17) is 9.29 Å². The van der Waals surface area contributed by atoms with Crippen LogP contribution in [0.25, 0.3) is 0 Å². The number of carboxylic acid groups (broad SMARTS) is 1. The van der Waals surface area contributed by atoms with Gasteiger partial charge in [-0.3, -0.25) is 4.55 Å². The maximum absolute atomic E-state index is 11.7. The smallest absolute Gasteiger partial charge is 0.545 e. The van der Waals surface area contributed by atoms with Gasteiger partial charge in [0.1, 0.15) is 4.90 Å². The summed E-state index contributed by atoms with van der Waals surface area (Å²) in [6.45, 7) is 3.30. The first kappa shape index (κ1) is 20.1. The molecule has 0 aromatic heterocycles. The van der Waals surface area contributed by atoms with Gasteiger partial charge in [0.05, 0.1) is 18.1 Å². The molecular weight excluding hydrogens is 311 g/mol. The number of carbonyl (C=O) groups excluding carboxylic acids is 2. The summed E-state index contributed by atoms with van der Waals surface area (Å²) in [6, 6.07) is 1.78. The number of carboxylic acids is 1. The minimum absolute atomic E-state index is 0. The number of aryl methyl sites for hydroxylation is 1. The van der Waals surface area contributed by atoms with Crippen LogP contribution in [0.2, 0.25) is 0 Å². The molecule has 0 unspecified atom stereocenters. The topological polar surface area (TPSA) is 121 Å². The molecule has 21 heavy (non-hydrogen) atoms. The third kappa shape index (κ3) is 4.79. The van der Waals surface area contributed by atoms with Crippen LogP contribution in [0.5, 0.6) is 0 Å². The van der Waals surface area contributed by atoms with E-state index in [0.717, 1.165) is 12.1 Å². The van der Waals surface area contributed by atoms with Crippen LogP contribution in [0.3, 0.4) is 0 Å². The second kappa shape index (κ2) is 7.90. The molecule has 0 aliphatic rings. The van der Waals surface area contributed by atoms with E-state index >= 15 is 0 Å². The monoisotopic (exact) mass is 324 g/mol. The van der Waals surface area contributed by atoms with Crippen LogP contribution < -0.4 is 34.7 Å². The number of hydrogen-bond donors (Lipinski definition) is 1. The molecule has 0 saturated carbocycles. The Morgan fingerprint density at radius 3 is 2.19 bits per heavy atom. The molecule has 0 heterocycles. The normalized spacial score (nSPS) is 10.6. The second-order valence-corrected chi connectivity index (χ2v) is 5.23. The fraction of sp³-hybridized carbons (Fsp3) is 0.333. The number of rotatable bonds is 5. The van der Waals surface area contributed by atoms with Crippen molar-refractivity contribution in [2.24, 2.45) is 0 Å². The third-order valence-corrected chi connectivity index (χ3v) is 3.47. The van der Waals surface area contributed by atoms with Crippen molar-refractivity contribution < 1.29 is 62.0 Å². The van der Waals surface area contributed by atoms with Crippen molar-refractivity contribution in [3.63, 3.8) is 0 Å². The number of ether oxygens (including phenoxy) is 1. The van der Waals surface area contributed by atoms with Crippen molar-refractivity contribution in [2.75, 3.05) is 6.61 Å². The van der Waals surface area contributed by atoms with Gasteiger partial charge in [-0.2, -0.15) is 8.42 Å². The molecule has 0 radical (unpaired) electrons. The Balaban J connectivity index is 0.00000400. The molecule has 0 bridgehead atoms. The fourth-order valence-corrected chi connectivity index (χ4v) is 2.38. The van der Waals surface area contributed by atoms with Gasteiger partial charge >= 0.3 is 35.5 Å². The summed E-state index contributed by atoms with van der Waals surface area (Å²) < 4.78 is 36.2. The zero-order chi connectivity index (χ0) is 15.5. The van der Waals surface area contributed by atoms with Gasteiger partial charge in [0, 0.05) is 5.56 Å². The van der Waals surface area contributed by atoms with E-state index in [0.29, 0.717) is 0 Å². The van der Waals surface area contributed by atoms with E-state index in [1.165, 1.54) is 0 Å². The summed E-state index contributed by atoms with van der Waals surface area (Å²) in [5.41, 5.74) is -0.514. The zero-order valence-electron chi connectivity index (χ0n) is 11.9. The molecule has 110 valence electrons. The van der Waals surface area contributed by atoms with Gasteiger partial charge in [-0.1, -0.05) is 6.92 Å². The van der Waals surface area contributed by atoms with Crippen LogP contribution in [0, 0.1) is 0 Å². The molecule has 0 atom stereocenters. The van der Waals surface area contributed by atoms with Crippen molar-refractivity contribution >= 4 is 22.1 Å². The van der Waals surface area contributed by atoms with Gasteiger partial charge in [0.25, 0.3) is 10.1 Å². The van der Waals surface area contributed by atoms with Crippen LogP contribution in [-0.2, 0) is 21.3 Å². The van der Waals surface area contributed by atoms with Gasteiger partial charge in [0.2, 0.25) is 0 Å². The third-order valence-electron chi connectivity index (χ3n) is 2.58. The van der Waals surface area contributed by atoms with Crippen LogP contribution in [0.15, 0.2) is 17.0 Å². The molecule has 0 amide bonds. The van der Waals surface area contributed by atoms with Crippen molar-refractivity contribution in [2.45, 2.75) is 25.2 Å². The van der Waals surface area contributed by atoms with E-state index in [2.05, 4.69) is 0 Å². The van der Waals surface area contributed by atoms with Crippen LogP contribution in [-0.4, -0.2) is 31.5 Å². The van der Waals surface area contributed by atoms with E-state index in [1.807, 2.05) is 0 Å². The quantitative estimate of drug-likeness (QED) is 0.349. The first-order chi connectivity index (χ1) is 9.22. The molecule has 0 spiro atoms. The summed E-state index contributed by atoms with van der Waals surface area (Å²) >= 11 is 0. The number of aromatic carboxylic acids is 1. The molecule has 0 aliphatic carbocycles. The molecule has 0 fully saturated rings. The van der Waals surface area contributed by atoms with E-state index in [1.54, 1.807) is 13.8 Å². The average Bonchev–Trinajstić information content (AvgIpc) is 2.36. The van der Waals surface area contributed by atoms with Crippen molar-refractivity contribution in [3.05, 3.63) is 28.8 Å². The van der Waals surface area contributed by atoms with Gasteiger partial charge in [-0.05, 0) is 31.0 Å². The van der Waals surface area contributed by atoms with Crippen LogP contribution >= 0.6 is 0 Å². The van der Waals surface area contributed by atoms with Crippen molar-refractivity contribution in [1.29, 1.82) is 0 Å². The SMILES string of the molecule is CCOC(=O)c1cc(S(=O)(=O)O)c(C(=O)[O-])cc1CC.[Na+]. The Morgan fingerprint density at radius 1 is 1.24 bits per heavy atom. The Morgan fingerprint density at radius 2 is 1.81 bits per heavy atom. The summed E-state index contributed by atoms with van der Waals surface area (Å²) in [5, 5.41) is 10.9. The Bertz CT molecular complexity index is 652. The minimum atomic E-state index is -4.80. The Labute approximate surface area is 144 Å². The van der Waals surface area contributed by atoms with Crippen molar-refractivity contribution in [3.8, 4) is 0 Å². The Hall–Kier alpha value is -0.930. The molecule has 0 saturated heterocycles. The predicted octanol–water partition coefficient (Wildman–Crippen LogP) is -2.96. The minimum Gasteiger partial charge on any atom is -0.545 e. The molecule has 7 nitrogen and oxygen atoms in total. The summed E-state index contributed by atoms with van der Waals surface area (Å²) in [7, 11) is -4.80. The van der Waals surface area contributed by atoms with Crippen LogP contribution in [0.4, 0.5) is 0 Å². The number of benzene rings is 1. The molecule has 0 aliphatic heterocycles. The molecule has 1 aromatic rings. The first-order valence-electron chi connectivity index (χ1n) is 5.75. The largest absolute Gasteiger partial charge is 1.00 e. The molecule has 1 aromatic carbocycles. The van der Waals surface area contributed by atoms with E-state index in [9.17, 15) is 23.1 Å². The summed E-state index contributed by atoms with van der Waals surface area (Å²) in [5.74, 6) is -2.55. The average molecular weight is 324 g/mol. The van der Waals surface area contributed by atoms with Gasteiger partial charge in [0.15, 0.2) is 0 Å². The van der Waals surface area contributed by atoms with Gasteiger partial charge in [-0.15, -0.1) is 0 Å². The fourth-order valence-electron chi connectivity index (χ4n) is 1.69. The number of esters is 1. The Kier molecular flexibility index (Phi) is 7.55. The predicted molar refractivity (Wildman–Crippen MR) is 65.9 cm³/mol. The second-order valence-electron chi connectivity index (χ2n) is 3.84. The molecule has 9 heteroatoms.